The maximum atomic E-state index is 17.2. The van der Waals surface area contributed by atoms with Crippen molar-refractivity contribution in [3.8, 4) is 23.0 Å². The molecule has 0 radical (unpaired) electrons. The predicted molar refractivity (Wildman–Crippen MR) is 280 cm³/mol. The molecule has 1 unspecified atom stereocenters. The molecule has 1 amide bonds. The number of hydrogen-bond acceptors (Lipinski definition) is 12. The number of likely N-dealkylation sites (tertiary alicyclic amines) is 2. The highest BCUT2D eigenvalue weighted by Crippen LogP contribution is 2.53. The van der Waals surface area contributed by atoms with Gasteiger partial charge in [0.05, 0.1) is 18.0 Å². The molecule has 2 atom stereocenters. The van der Waals surface area contributed by atoms with E-state index in [1.165, 1.54) is 43.4 Å². The number of benzene rings is 3. The van der Waals surface area contributed by atoms with Crippen LogP contribution in [0.1, 0.15) is 124 Å². The first-order chi connectivity index (χ1) is 35.3. The molecule has 73 heavy (non-hydrogen) atoms. The van der Waals surface area contributed by atoms with Crippen LogP contribution in [0.25, 0.3) is 32.9 Å². The number of amides is 1. The number of rotatable bonds is 18. The Hall–Kier alpha value is -5.64. The molecular formula is C58H72F2N8O5. The summed E-state index contributed by atoms with van der Waals surface area (Å²) in [7, 11) is 3.50. The Labute approximate surface area is 428 Å². The molecule has 388 valence electrons. The number of aromatic nitrogens is 3. The lowest BCUT2D eigenvalue weighted by Crippen LogP contribution is -2.56. The third kappa shape index (κ3) is 10.6. The summed E-state index contributed by atoms with van der Waals surface area (Å²) in [5.41, 5.74) is 4.10. The summed E-state index contributed by atoms with van der Waals surface area (Å²) in [6, 6.07) is 12.3. The number of fused-ring (bicyclic) bond motifs is 2. The molecule has 5 fully saturated rings. The molecule has 2 N–H and O–H groups in total. The summed E-state index contributed by atoms with van der Waals surface area (Å²) >= 11 is 0. The molecule has 3 aromatic carbocycles. The van der Waals surface area contributed by atoms with Gasteiger partial charge in [-0.2, -0.15) is 9.97 Å². The minimum Gasteiger partial charge on any atom is -0.508 e. The van der Waals surface area contributed by atoms with Gasteiger partial charge in [-0.3, -0.25) is 19.5 Å². The highest BCUT2D eigenvalue weighted by molar-refractivity contribution is 6.01. The Morgan fingerprint density at radius 2 is 1.78 bits per heavy atom. The van der Waals surface area contributed by atoms with Crippen LogP contribution in [0.5, 0.6) is 11.8 Å². The Kier molecular flexibility index (Phi) is 14.8. The summed E-state index contributed by atoms with van der Waals surface area (Å²) in [6.07, 6.45) is 15.7. The van der Waals surface area contributed by atoms with Gasteiger partial charge in [0.1, 0.15) is 41.2 Å². The maximum absolute atomic E-state index is 17.2. The molecule has 5 aliphatic rings. The van der Waals surface area contributed by atoms with E-state index in [0.717, 1.165) is 102 Å². The molecule has 15 heteroatoms. The number of nitrogens with zero attached hydrogens (tertiary/aromatic N) is 7. The number of pyridine rings is 1. The Bertz CT molecular complexity index is 2850. The van der Waals surface area contributed by atoms with Gasteiger partial charge in [-0.15, -0.1) is 0 Å². The van der Waals surface area contributed by atoms with Gasteiger partial charge in [-0.1, -0.05) is 38.1 Å². The summed E-state index contributed by atoms with van der Waals surface area (Å²) in [4.78, 5) is 60.1. The first-order valence-electron chi connectivity index (χ1n) is 26.9. The average Bonchev–Trinajstić information content (AvgIpc) is 4.16. The van der Waals surface area contributed by atoms with E-state index in [-0.39, 0.29) is 46.5 Å². The van der Waals surface area contributed by atoms with Crippen molar-refractivity contribution in [1.29, 1.82) is 0 Å². The second-order valence-corrected chi connectivity index (χ2v) is 22.5. The lowest BCUT2D eigenvalue weighted by molar-refractivity contribution is -0.121. The van der Waals surface area contributed by atoms with Crippen LogP contribution in [-0.4, -0.2) is 132 Å². The monoisotopic (exact) mass is 999 g/mol. The van der Waals surface area contributed by atoms with Crippen LogP contribution in [-0.2, 0) is 22.6 Å². The number of anilines is 1. The van der Waals surface area contributed by atoms with E-state index in [9.17, 15) is 19.5 Å². The molecule has 3 aliphatic heterocycles. The van der Waals surface area contributed by atoms with Gasteiger partial charge in [0, 0.05) is 68.4 Å². The topological polar surface area (TPSA) is 144 Å². The SMILES string of the molecule is CCc1c(F)ccc2cc(O)cc(-c3ncc4c(N5CCC[C@H](C)C5)nc(OCC5(CN6CCC7(CC6)CC(N6CCC(c8cccc(C=O)c8CN(C)C(C=O)CCC(=O)NC)CC6)C7)CC5)nc4c3F)c12. The minimum atomic E-state index is -0.654. The van der Waals surface area contributed by atoms with Crippen molar-refractivity contribution in [3.63, 3.8) is 0 Å². The van der Waals surface area contributed by atoms with Crippen molar-refractivity contribution in [1.82, 2.24) is 35.0 Å². The first kappa shape index (κ1) is 50.9. The zero-order valence-corrected chi connectivity index (χ0v) is 43.1. The van der Waals surface area contributed by atoms with Crippen LogP contribution in [0.15, 0.2) is 48.7 Å². The van der Waals surface area contributed by atoms with E-state index in [1.807, 2.05) is 31.0 Å². The molecule has 2 aliphatic carbocycles. The molecular weight excluding hydrogens is 927 g/mol. The lowest BCUT2D eigenvalue weighted by atomic mass is 9.59. The van der Waals surface area contributed by atoms with E-state index >= 15 is 8.78 Å². The lowest BCUT2D eigenvalue weighted by Gasteiger charge is -2.56. The largest absolute Gasteiger partial charge is 0.508 e. The van der Waals surface area contributed by atoms with Gasteiger partial charge in [0.15, 0.2) is 5.82 Å². The summed E-state index contributed by atoms with van der Waals surface area (Å²) in [5.74, 6) is 0.201. The number of hydrogen-bond donors (Lipinski definition) is 2. The Morgan fingerprint density at radius 1 is 1.00 bits per heavy atom. The van der Waals surface area contributed by atoms with Crippen molar-refractivity contribution < 1.29 is 33.0 Å². The number of aldehydes is 2. The van der Waals surface area contributed by atoms with Crippen LogP contribution in [0.2, 0.25) is 0 Å². The number of ether oxygens (including phenoxy) is 1. The predicted octanol–water partition coefficient (Wildman–Crippen LogP) is 9.25. The second-order valence-electron chi connectivity index (χ2n) is 22.5. The van der Waals surface area contributed by atoms with E-state index in [1.54, 1.807) is 25.4 Å². The van der Waals surface area contributed by atoms with Crippen LogP contribution in [0.3, 0.4) is 0 Å². The Morgan fingerprint density at radius 3 is 2.48 bits per heavy atom. The molecule has 2 saturated carbocycles. The van der Waals surface area contributed by atoms with Crippen molar-refractivity contribution in [2.24, 2.45) is 16.7 Å². The second kappa shape index (κ2) is 21.3. The van der Waals surface area contributed by atoms with Crippen molar-refractivity contribution >= 4 is 46.0 Å². The molecule has 3 saturated heterocycles. The number of aromatic hydroxyl groups is 1. The smallest absolute Gasteiger partial charge is 0.319 e. The molecule has 5 heterocycles. The third-order valence-electron chi connectivity index (χ3n) is 17.6. The van der Waals surface area contributed by atoms with Crippen LogP contribution in [0, 0.1) is 28.4 Å². The van der Waals surface area contributed by atoms with E-state index < -0.39 is 11.9 Å². The molecule has 0 bridgehead atoms. The summed E-state index contributed by atoms with van der Waals surface area (Å²) in [5, 5.41) is 15.0. The zero-order chi connectivity index (χ0) is 51.0. The number of aryl methyl sites for hydroxylation is 1. The fraction of sp³-hybridized carbons (Fsp3) is 0.552. The summed E-state index contributed by atoms with van der Waals surface area (Å²) in [6.45, 7) is 11.7. The van der Waals surface area contributed by atoms with Gasteiger partial charge in [0.2, 0.25) is 5.91 Å². The summed E-state index contributed by atoms with van der Waals surface area (Å²) < 4.78 is 38.9. The molecule has 2 aromatic heterocycles. The molecule has 10 rings (SSSR count). The van der Waals surface area contributed by atoms with E-state index in [0.29, 0.717) is 88.0 Å². The van der Waals surface area contributed by atoms with Crippen LogP contribution in [0.4, 0.5) is 14.6 Å². The fourth-order valence-electron chi connectivity index (χ4n) is 13.0. The fourth-order valence-corrected chi connectivity index (χ4v) is 13.0. The number of phenols is 1. The molecule has 5 aromatic rings. The number of carbonyl (C=O) groups excluding carboxylic acids is 3. The highest BCUT2D eigenvalue weighted by atomic mass is 19.1. The number of nitrogens with one attached hydrogen (secondary N) is 1. The zero-order valence-electron chi connectivity index (χ0n) is 43.1. The van der Waals surface area contributed by atoms with Gasteiger partial charge in [0.25, 0.3) is 0 Å². The molecule has 1 spiro atoms. The number of likely N-dealkylation sites (N-methyl/N-ethyl adjacent to an activating group) is 1. The highest BCUT2D eigenvalue weighted by Gasteiger charge is 2.51. The minimum absolute atomic E-state index is 0.00337. The number of phenolic OH excluding ortho intramolecular Hbond substituents is 1. The number of piperidine rings is 3. The first-order valence-corrected chi connectivity index (χ1v) is 26.9. The van der Waals surface area contributed by atoms with Gasteiger partial charge in [-0.05, 0) is 173 Å². The van der Waals surface area contributed by atoms with Crippen molar-refractivity contribution in [2.45, 2.75) is 122 Å². The average molecular weight is 999 g/mol. The van der Waals surface area contributed by atoms with Gasteiger partial charge >= 0.3 is 6.01 Å². The van der Waals surface area contributed by atoms with E-state index in [2.05, 4.69) is 38.0 Å². The third-order valence-corrected chi connectivity index (χ3v) is 17.6. The quantitative estimate of drug-likeness (QED) is 0.0808. The van der Waals surface area contributed by atoms with Crippen molar-refractivity contribution in [3.05, 3.63) is 82.5 Å². The van der Waals surface area contributed by atoms with Crippen LogP contribution < -0.4 is 15.0 Å². The van der Waals surface area contributed by atoms with Gasteiger partial charge in [-0.25, -0.2) is 8.78 Å². The molecule has 13 nitrogen and oxygen atoms in total. The van der Waals surface area contributed by atoms with E-state index in [4.69, 9.17) is 14.7 Å². The maximum Gasteiger partial charge on any atom is 0.319 e. The Balaban J connectivity index is 0.764. The van der Waals surface area contributed by atoms with Gasteiger partial charge < -0.3 is 34.7 Å². The standard InChI is InChI=1S/C58H72F2N8O5/c1-5-44-49(59)13-11-39-26-43(71)27-46(51(39)44)53-52(60)54-47(30-62-53)55(68-21-7-8-37(2)31-68)64-56(63-54)73-36-58(17-18-58)35-66-24-19-57(20-25-66)28-42(29-57)67-22-15-38(16-23-67)45-10-6-9-40(33-69)48(45)32-65(4)41(34-70)12-14-50(72)61-3/h6,9-11,13,26-27,30,33-34,37-38,41-42,71H,5,7-8,12,14-25,28-29,31-32,35-36H2,1-4H3,(H,61,72)/t37-,41?/m0/s1. The number of halogens is 2. The van der Waals surface area contributed by atoms with Crippen LogP contribution >= 0.6 is 0 Å². The normalized spacial score (nSPS) is 20.9. The number of carbonyl (C=O) groups is 3. The van der Waals surface area contributed by atoms with Crippen molar-refractivity contribution in [2.75, 3.05) is 71.4 Å².